The molecule has 0 aromatic rings. The largest absolute Gasteiger partial charge is 0.247 e. The summed E-state index contributed by atoms with van der Waals surface area (Å²) in [4.78, 5) is 0. The summed E-state index contributed by atoms with van der Waals surface area (Å²) < 4.78 is 13.5. The fourth-order valence-electron chi connectivity index (χ4n) is 2.20. The van der Waals surface area contributed by atoms with Crippen LogP contribution in [0.4, 0.5) is 4.39 Å². The van der Waals surface area contributed by atoms with Crippen LogP contribution in [0.5, 0.6) is 0 Å². The molecule has 1 fully saturated rings. The fourth-order valence-corrected chi connectivity index (χ4v) is 2.20. The van der Waals surface area contributed by atoms with Gasteiger partial charge in [0.15, 0.2) is 0 Å². The lowest BCUT2D eigenvalue weighted by Gasteiger charge is -2.31. The van der Waals surface area contributed by atoms with E-state index in [0.717, 1.165) is 25.7 Å². The summed E-state index contributed by atoms with van der Waals surface area (Å²) in [5.41, 5.74) is 0. The van der Waals surface area contributed by atoms with Crippen LogP contribution in [-0.2, 0) is 0 Å². The molecule has 1 aliphatic rings. The highest BCUT2D eigenvalue weighted by Crippen LogP contribution is 2.35. The Hall–Kier alpha value is -0.0700. The predicted molar refractivity (Wildman–Crippen MR) is 46.3 cm³/mol. The molecule has 1 aliphatic carbocycles. The minimum atomic E-state index is -0.501. The van der Waals surface area contributed by atoms with Crippen molar-refractivity contribution in [2.45, 2.75) is 52.1 Å². The molecule has 2 unspecified atom stereocenters. The van der Waals surface area contributed by atoms with E-state index in [-0.39, 0.29) is 0 Å². The van der Waals surface area contributed by atoms with E-state index in [2.05, 4.69) is 13.8 Å². The van der Waals surface area contributed by atoms with Crippen LogP contribution in [0.2, 0.25) is 0 Å². The maximum Gasteiger partial charge on any atom is 0.106 e. The van der Waals surface area contributed by atoms with Crippen LogP contribution in [0.25, 0.3) is 0 Å². The Morgan fingerprint density at radius 1 is 1.09 bits per heavy atom. The van der Waals surface area contributed by atoms with Crippen LogP contribution >= 0.6 is 0 Å². The molecule has 0 spiro atoms. The molecule has 0 bridgehead atoms. The number of hydrogen-bond acceptors (Lipinski definition) is 0. The molecule has 66 valence electrons. The van der Waals surface area contributed by atoms with Gasteiger partial charge in [0.1, 0.15) is 6.17 Å². The van der Waals surface area contributed by atoms with Gasteiger partial charge in [-0.05, 0) is 24.7 Å². The van der Waals surface area contributed by atoms with Crippen LogP contribution in [0.15, 0.2) is 0 Å². The summed E-state index contributed by atoms with van der Waals surface area (Å²) in [6.45, 7) is 4.21. The van der Waals surface area contributed by atoms with Crippen LogP contribution in [0, 0.1) is 11.8 Å². The van der Waals surface area contributed by atoms with Gasteiger partial charge in [-0.3, -0.25) is 0 Å². The molecule has 0 radical (unpaired) electrons. The van der Waals surface area contributed by atoms with Crippen molar-refractivity contribution in [1.29, 1.82) is 0 Å². The van der Waals surface area contributed by atoms with Gasteiger partial charge in [-0.25, -0.2) is 4.39 Å². The summed E-state index contributed by atoms with van der Waals surface area (Å²) in [5, 5.41) is 0. The lowest BCUT2D eigenvalue weighted by molar-refractivity contribution is 0.0929. The Balaban J connectivity index is 2.45. The van der Waals surface area contributed by atoms with E-state index in [1.807, 2.05) is 0 Å². The van der Waals surface area contributed by atoms with Gasteiger partial charge in [0.25, 0.3) is 0 Å². The van der Waals surface area contributed by atoms with Crippen molar-refractivity contribution >= 4 is 0 Å². The van der Waals surface area contributed by atoms with Crippen molar-refractivity contribution in [1.82, 2.24) is 0 Å². The van der Waals surface area contributed by atoms with Gasteiger partial charge in [-0.15, -0.1) is 0 Å². The van der Waals surface area contributed by atoms with E-state index in [4.69, 9.17) is 0 Å². The average Bonchev–Trinajstić information content (AvgIpc) is 2.05. The molecular weight excluding hydrogens is 139 g/mol. The SMILES string of the molecule is CCC1CCCC(CC)C1F. The van der Waals surface area contributed by atoms with Crippen LogP contribution < -0.4 is 0 Å². The number of hydrogen-bond donors (Lipinski definition) is 0. The summed E-state index contributed by atoms with van der Waals surface area (Å²) in [6, 6.07) is 0. The second-order valence-corrected chi connectivity index (χ2v) is 3.71. The zero-order valence-corrected chi connectivity index (χ0v) is 7.65. The highest BCUT2D eigenvalue weighted by atomic mass is 19.1. The lowest BCUT2D eigenvalue weighted by Crippen LogP contribution is -2.28. The van der Waals surface area contributed by atoms with E-state index in [1.165, 1.54) is 6.42 Å². The molecule has 0 saturated heterocycles. The molecule has 0 aromatic carbocycles. The predicted octanol–water partition coefficient (Wildman–Crippen LogP) is 3.56. The van der Waals surface area contributed by atoms with E-state index in [9.17, 15) is 4.39 Å². The third kappa shape index (κ3) is 1.94. The number of rotatable bonds is 2. The standard InChI is InChI=1S/C10H19F/c1-3-8-6-5-7-9(4-2)10(8)11/h8-10H,3-7H2,1-2H3. The van der Waals surface area contributed by atoms with Crippen molar-refractivity contribution < 1.29 is 4.39 Å². The minimum absolute atomic E-state index is 0.369. The van der Waals surface area contributed by atoms with Gasteiger partial charge in [0.05, 0.1) is 0 Å². The Morgan fingerprint density at radius 3 is 1.91 bits per heavy atom. The highest BCUT2D eigenvalue weighted by Gasteiger charge is 2.30. The summed E-state index contributed by atoms with van der Waals surface area (Å²) in [5.74, 6) is 0.738. The van der Waals surface area contributed by atoms with Crippen molar-refractivity contribution in [3.05, 3.63) is 0 Å². The fraction of sp³-hybridized carbons (Fsp3) is 1.00. The van der Waals surface area contributed by atoms with Crippen molar-refractivity contribution in [2.24, 2.45) is 11.8 Å². The quantitative estimate of drug-likeness (QED) is 0.576. The third-order valence-corrected chi connectivity index (χ3v) is 3.10. The van der Waals surface area contributed by atoms with E-state index < -0.39 is 6.17 Å². The second-order valence-electron chi connectivity index (χ2n) is 3.71. The second kappa shape index (κ2) is 4.08. The topological polar surface area (TPSA) is 0 Å². The van der Waals surface area contributed by atoms with Crippen molar-refractivity contribution in [2.75, 3.05) is 0 Å². The Morgan fingerprint density at radius 2 is 1.55 bits per heavy atom. The normalized spacial score (nSPS) is 39.0. The maximum atomic E-state index is 13.5. The Kier molecular flexibility index (Phi) is 3.35. The number of halogens is 1. The molecule has 1 rings (SSSR count). The molecule has 0 aliphatic heterocycles. The number of alkyl halides is 1. The maximum absolute atomic E-state index is 13.5. The van der Waals surface area contributed by atoms with Gasteiger partial charge in [-0.2, -0.15) is 0 Å². The van der Waals surface area contributed by atoms with Crippen molar-refractivity contribution in [3.8, 4) is 0 Å². The molecule has 0 amide bonds. The molecule has 0 N–H and O–H groups in total. The highest BCUT2D eigenvalue weighted by molar-refractivity contribution is 4.80. The van der Waals surface area contributed by atoms with Crippen LogP contribution in [0.1, 0.15) is 46.0 Å². The van der Waals surface area contributed by atoms with Gasteiger partial charge < -0.3 is 0 Å². The molecule has 0 nitrogen and oxygen atoms in total. The molecule has 0 aromatic heterocycles. The summed E-state index contributed by atoms with van der Waals surface area (Å²) in [7, 11) is 0. The lowest BCUT2D eigenvalue weighted by atomic mass is 9.77. The summed E-state index contributed by atoms with van der Waals surface area (Å²) in [6.07, 6.45) is 5.04. The summed E-state index contributed by atoms with van der Waals surface area (Å²) >= 11 is 0. The van der Waals surface area contributed by atoms with E-state index in [1.54, 1.807) is 0 Å². The molecule has 0 heterocycles. The zero-order valence-electron chi connectivity index (χ0n) is 7.65. The monoisotopic (exact) mass is 158 g/mol. The first-order valence-corrected chi connectivity index (χ1v) is 4.93. The first-order chi connectivity index (χ1) is 5.29. The van der Waals surface area contributed by atoms with E-state index in [0.29, 0.717) is 11.8 Å². The van der Waals surface area contributed by atoms with Gasteiger partial charge >= 0.3 is 0 Å². The first kappa shape index (κ1) is 9.02. The molecule has 1 heteroatoms. The Labute approximate surface area is 69.2 Å². The van der Waals surface area contributed by atoms with Crippen molar-refractivity contribution in [3.63, 3.8) is 0 Å². The van der Waals surface area contributed by atoms with Gasteiger partial charge in [0.2, 0.25) is 0 Å². The zero-order chi connectivity index (χ0) is 8.27. The van der Waals surface area contributed by atoms with Crippen LogP contribution in [0.3, 0.4) is 0 Å². The third-order valence-electron chi connectivity index (χ3n) is 3.10. The average molecular weight is 158 g/mol. The molecule has 1 saturated carbocycles. The smallest absolute Gasteiger partial charge is 0.106 e. The first-order valence-electron chi connectivity index (χ1n) is 4.93. The molecule has 11 heavy (non-hydrogen) atoms. The Bertz CT molecular complexity index is 99.4. The van der Waals surface area contributed by atoms with Crippen LogP contribution in [-0.4, -0.2) is 6.17 Å². The van der Waals surface area contributed by atoms with E-state index >= 15 is 0 Å². The van der Waals surface area contributed by atoms with Gasteiger partial charge in [0, 0.05) is 0 Å². The molecular formula is C10H19F. The minimum Gasteiger partial charge on any atom is -0.247 e. The van der Waals surface area contributed by atoms with Gasteiger partial charge in [-0.1, -0.05) is 33.1 Å². The molecule has 2 atom stereocenters.